The minimum absolute atomic E-state index is 0.122. The van der Waals surface area contributed by atoms with Crippen LogP contribution in [-0.4, -0.2) is 51.0 Å². The second-order valence-electron chi connectivity index (χ2n) is 4.40. The van der Waals surface area contributed by atoms with Crippen molar-refractivity contribution in [1.29, 1.82) is 0 Å². The Labute approximate surface area is 120 Å². The molecule has 20 heavy (non-hydrogen) atoms. The number of nitrogens with zero attached hydrogens (tertiary/aromatic N) is 5. The van der Waals surface area contributed by atoms with Crippen molar-refractivity contribution in [2.24, 2.45) is 0 Å². The third-order valence-electron chi connectivity index (χ3n) is 2.83. The van der Waals surface area contributed by atoms with Gasteiger partial charge in [0.2, 0.25) is 0 Å². The highest BCUT2D eigenvalue weighted by atomic mass is 35.5. The van der Waals surface area contributed by atoms with Crippen LogP contribution in [0.2, 0.25) is 0 Å². The van der Waals surface area contributed by atoms with Gasteiger partial charge < -0.3 is 4.90 Å². The first kappa shape index (κ1) is 14.5. The number of hydrogen-bond donors (Lipinski definition) is 2. The second-order valence-corrected chi connectivity index (χ2v) is 4.66. The SMILES string of the molecule is O=C(CCl)NNC(=O)Cn1nnc(N2CCCCC2)n1. The average Bonchev–Trinajstić information content (AvgIpc) is 2.94. The van der Waals surface area contributed by atoms with E-state index < -0.39 is 11.8 Å². The van der Waals surface area contributed by atoms with Crippen molar-refractivity contribution in [3.8, 4) is 0 Å². The first-order valence-corrected chi connectivity index (χ1v) is 6.89. The van der Waals surface area contributed by atoms with Gasteiger partial charge >= 0.3 is 0 Å². The molecule has 1 aromatic rings. The van der Waals surface area contributed by atoms with Crippen LogP contribution in [-0.2, 0) is 16.1 Å². The summed E-state index contributed by atoms with van der Waals surface area (Å²) in [6, 6.07) is 0. The summed E-state index contributed by atoms with van der Waals surface area (Å²) < 4.78 is 0. The van der Waals surface area contributed by atoms with Gasteiger partial charge in [-0.2, -0.15) is 4.80 Å². The van der Waals surface area contributed by atoms with Crippen LogP contribution in [0, 0.1) is 0 Å². The number of hydrazine groups is 1. The van der Waals surface area contributed by atoms with E-state index >= 15 is 0 Å². The lowest BCUT2D eigenvalue weighted by Gasteiger charge is -2.24. The van der Waals surface area contributed by atoms with E-state index in [1.54, 1.807) is 0 Å². The number of rotatable bonds is 4. The third kappa shape index (κ3) is 4.05. The Morgan fingerprint density at radius 2 is 1.85 bits per heavy atom. The number of carbonyl (C=O) groups excluding carboxylic acids is 2. The normalized spacial score (nSPS) is 14.9. The zero-order chi connectivity index (χ0) is 14.4. The van der Waals surface area contributed by atoms with E-state index in [9.17, 15) is 9.59 Å². The fourth-order valence-electron chi connectivity index (χ4n) is 1.86. The summed E-state index contributed by atoms with van der Waals surface area (Å²) in [5.74, 6) is -0.630. The molecule has 0 atom stereocenters. The summed E-state index contributed by atoms with van der Waals surface area (Å²) >= 11 is 5.28. The third-order valence-corrected chi connectivity index (χ3v) is 3.07. The molecule has 0 aromatic carbocycles. The van der Waals surface area contributed by atoms with Crippen LogP contribution in [0.5, 0.6) is 0 Å². The van der Waals surface area contributed by atoms with E-state index in [0.29, 0.717) is 5.95 Å². The van der Waals surface area contributed by atoms with Crippen molar-refractivity contribution in [3.05, 3.63) is 0 Å². The molecule has 2 heterocycles. The van der Waals surface area contributed by atoms with E-state index in [1.807, 2.05) is 4.90 Å². The van der Waals surface area contributed by atoms with Gasteiger partial charge in [-0.1, -0.05) is 5.10 Å². The molecule has 2 rings (SSSR count). The topological polar surface area (TPSA) is 105 Å². The molecule has 0 saturated carbocycles. The van der Waals surface area contributed by atoms with Crippen LogP contribution in [0.1, 0.15) is 19.3 Å². The standard InChI is InChI=1S/C10H16ClN7O2/c11-6-8(19)12-13-9(20)7-18-15-10(14-16-18)17-4-2-1-3-5-17/h1-7H2,(H,12,19)(H,13,20). The van der Waals surface area contributed by atoms with Gasteiger partial charge in [0.25, 0.3) is 17.8 Å². The van der Waals surface area contributed by atoms with Crippen molar-refractivity contribution in [3.63, 3.8) is 0 Å². The summed E-state index contributed by atoms with van der Waals surface area (Å²) in [5.41, 5.74) is 4.36. The highest BCUT2D eigenvalue weighted by Crippen LogP contribution is 2.13. The molecular formula is C10H16ClN7O2. The Morgan fingerprint density at radius 3 is 2.55 bits per heavy atom. The van der Waals surface area contributed by atoms with Gasteiger partial charge in [0.1, 0.15) is 12.4 Å². The van der Waals surface area contributed by atoms with Crippen molar-refractivity contribution in [2.45, 2.75) is 25.8 Å². The number of halogens is 1. The summed E-state index contributed by atoms with van der Waals surface area (Å²) in [7, 11) is 0. The number of hydrogen-bond acceptors (Lipinski definition) is 6. The summed E-state index contributed by atoms with van der Waals surface area (Å²) in [6.07, 6.45) is 3.44. The molecule has 0 radical (unpaired) electrons. The van der Waals surface area contributed by atoms with Gasteiger partial charge in [0.05, 0.1) is 0 Å². The monoisotopic (exact) mass is 301 g/mol. The summed E-state index contributed by atoms with van der Waals surface area (Å²) in [6.45, 7) is 1.69. The molecule has 2 N–H and O–H groups in total. The smallest absolute Gasteiger partial charge is 0.266 e. The molecule has 9 nitrogen and oxygen atoms in total. The van der Waals surface area contributed by atoms with Crippen molar-refractivity contribution < 1.29 is 9.59 Å². The Balaban J connectivity index is 1.82. The van der Waals surface area contributed by atoms with Crippen molar-refractivity contribution in [1.82, 2.24) is 31.1 Å². The second kappa shape index (κ2) is 7.04. The predicted molar refractivity (Wildman–Crippen MR) is 70.9 cm³/mol. The fourth-order valence-corrected chi connectivity index (χ4v) is 1.93. The van der Waals surface area contributed by atoms with Crippen LogP contribution < -0.4 is 15.8 Å². The van der Waals surface area contributed by atoms with Crippen LogP contribution >= 0.6 is 11.6 Å². The first-order chi connectivity index (χ1) is 9.69. The van der Waals surface area contributed by atoms with Gasteiger partial charge in [-0.15, -0.1) is 16.7 Å². The number of carbonyl (C=O) groups is 2. The zero-order valence-corrected chi connectivity index (χ0v) is 11.6. The first-order valence-electron chi connectivity index (χ1n) is 6.35. The van der Waals surface area contributed by atoms with Gasteiger partial charge in [0.15, 0.2) is 0 Å². The Bertz CT molecular complexity index is 472. The quantitative estimate of drug-likeness (QED) is 0.549. The number of nitrogens with one attached hydrogen (secondary N) is 2. The molecule has 10 heteroatoms. The van der Waals surface area contributed by atoms with Gasteiger partial charge in [-0.25, -0.2) is 0 Å². The van der Waals surface area contributed by atoms with Gasteiger partial charge in [-0.05, 0) is 24.5 Å². The minimum atomic E-state index is -0.486. The van der Waals surface area contributed by atoms with E-state index in [1.165, 1.54) is 11.2 Å². The molecule has 0 spiro atoms. The highest BCUT2D eigenvalue weighted by Gasteiger charge is 2.16. The highest BCUT2D eigenvalue weighted by molar-refractivity contribution is 6.27. The molecule has 0 aliphatic carbocycles. The molecule has 1 aliphatic rings. The minimum Gasteiger partial charge on any atom is -0.338 e. The zero-order valence-electron chi connectivity index (χ0n) is 10.9. The lowest BCUT2D eigenvalue weighted by molar-refractivity contribution is -0.128. The largest absolute Gasteiger partial charge is 0.338 e. The molecule has 2 amide bonds. The number of piperidine rings is 1. The summed E-state index contributed by atoms with van der Waals surface area (Å²) in [4.78, 5) is 25.6. The lowest BCUT2D eigenvalue weighted by atomic mass is 10.1. The van der Waals surface area contributed by atoms with Crippen molar-refractivity contribution in [2.75, 3.05) is 23.9 Å². The predicted octanol–water partition coefficient (Wildman–Crippen LogP) is -0.950. The maximum atomic E-state index is 11.5. The van der Waals surface area contributed by atoms with Gasteiger partial charge in [0, 0.05) is 13.1 Å². The number of aromatic nitrogens is 4. The average molecular weight is 302 g/mol. The van der Waals surface area contributed by atoms with Crippen LogP contribution in [0.4, 0.5) is 5.95 Å². The lowest BCUT2D eigenvalue weighted by Crippen LogP contribution is -2.44. The Morgan fingerprint density at radius 1 is 1.15 bits per heavy atom. The summed E-state index contributed by atoms with van der Waals surface area (Å²) in [5, 5.41) is 11.9. The van der Waals surface area contributed by atoms with E-state index in [-0.39, 0.29) is 12.4 Å². The molecule has 1 saturated heterocycles. The molecule has 110 valence electrons. The Kier molecular flexibility index (Phi) is 5.10. The molecule has 1 aliphatic heterocycles. The maximum Gasteiger partial charge on any atom is 0.266 e. The molecule has 1 fully saturated rings. The number of anilines is 1. The molecule has 0 unspecified atom stereocenters. The van der Waals surface area contributed by atoms with Crippen LogP contribution in [0.15, 0.2) is 0 Å². The number of alkyl halides is 1. The molecular weight excluding hydrogens is 286 g/mol. The maximum absolute atomic E-state index is 11.5. The van der Waals surface area contributed by atoms with Crippen LogP contribution in [0.25, 0.3) is 0 Å². The van der Waals surface area contributed by atoms with Gasteiger partial charge in [-0.3, -0.25) is 20.4 Å². The Hall–Kier alpha value is -1.90. The molecule has 0 bridgehead atoms. The number of amides is 2. The van der Waals surface area contributed by atoms with E-state index in [0.717, 1.165) is 25.9 Å². The van der Waals surface area contributed by atoms with Crippen LogP contribution in [0.3, 0.4) is 0 Å². The molecule has 1 aromatic heterocycles. The van der Waals surface area contributed by atoms with E-state index in [2.05, 4.69) is 26.3 Å². The van der Waals surface area contributed by atoms with E-state index in [4.69, 9.17) is 11.6 Å². The fraction of sp³-hybridized carbons (Fsp3) is 0.700. The van der Waals surface area contributed by atoms with Crippen molar-refractivity contribution >= 4 is 29.4 Å². The number of tetrazole rings is 1.